The third kappa shape index (κ3) is 3.46. The highest BCUT2D eigenvalue weighted by atomic mass is 35.5. The number of aryl methyl sites for hydroxylation is 1. The standard InChI is InChI=1S/C11H17ClN4O2/c1-4-16-10(18)9(12)7(6-14-16)15-11(2,3)5-8(13)17/h6,15H,4-5H2,1-3H3,(H2,13,17). The molecule has 0 unspecified atom stereocenters. The molecule has 0 saturated carbocycles. The molecule has 18 heavy (non-hydrogen) atoms. The monoisotopic (exact) mass is 272 g/mol. The molecular weight excluding hydrogens is 256 g/mol. The maximum atomic E-state index is 11.8. The third-order valence-corrected chi connectivity index (χ3v) is 2.74. The minimum atomic E-state index is -0.595. The van der Waals surface area contributed by atoms with Gasteiger partial charge in [0.15, 0.2) is 0 Å². The van der Waals surface area contributed by atoms with Crippen molar-refractivity contribution in [2.45, 2.75) is 39.3 Å². The first-order chi connectivity index (χ1) is 8.26. The highest BCUT2D eigenvalue weighted by Gasteiger charge is 2.22. The fourth-order valence-corrected chi connectivity index (χ4v) is 1.82. The second kappa shape index (κ2) is 5.39. The topological polar surface area (TPSA) is 90.0 Å². The van der Waals surface area contributed by atoms with Crippen molar-refractivity contribution in [1.29, 1.82) is 0 Å². The predicted molar refractivity (Wildman–Crippen MR) is 70.7 cm³/mol. The first-order valence-corrected chi connectivity index (χ1v) is 5.96. The lowest BCUT2D eigenvalue weighted by Gasteiger charge is -2.26. The number of anilines is 1. The number of aromatic nitrogens is 2. The Hall–Kier alpha value is -1.56. The van der Waals surface area contributed by atoms with E-state index in [2.05, 4.69) is 10.4 Å². The van der Waals surface area contributed by atoms with Crippen LogP contribution >= 0.6 is 11.6 Å². The molecular formula is C11H17ClN4O2. The van der Waals surface area contributed by atoms with Crippen molar-refractivity contribution in [3.8, 4) is 0 Å². The zero-order chi connectivity index (χ0) is 13.9. The summed E-state index contributed by atoms with van der Waals surface area (Å²) in [6, 6.07) is 0. The number of nitrogens with one attached hydrogen (secondary N) is 1. The van der Waals surface area contributed by atoms with Crippen LogP contribution in [0.2, 0.25) is 5.02 Å². The van der Waals surface area contributed by atoms with E-state index in [1.807, 2.05) is 0 Å². The van der Waals surface area contributed by atoms with Crippen molar-refractivity contribution in [3.05, 3.63) is 21.6 Å². The van der Waals surface area contributed by atoms with Crippen LogP contribution < -0.4 is 16.6 Å². The summed E-state index contributed by atoms with van der Waals surface area (Å²) in [5.74, 6) is -0.432. The minimum Gasteiger partial charge on any atom is -0.377 e. The van der Waals surface area contributed by atoms with Gasteiger partial charge in [-0.15, -0.1) is 0 Å². The van der Waals surface area contributed by atoms with E-state index in [9.17, 15) is 9.59 Å². The molecule has 0 aromatic carbocycles. The molecule has 0 bridgehead atoms. The van der Waals surface area contributed by atoms with Crippen molar-refractivity contribution < 1.29 is 4.79 Å². The Morgan fingerprint density at radius 3 is 2.72 bits per heavy atom. The molecule has 0 saturated heterocycles. The summed E-state index contributed by atoms with van der Waals surface area (Å²) in [7, 11) is 0. The van der Waals surface area contributed by atoms with Crippen molar-refractivity contribution in [3.63, 3.8) is 0 Å². The van der Waals surface area contributed by atoms with E-state index in [1.165, 1.54) is 10.9 Å². The van der Waals surface area contributed by atoms with E-state index in [0.717, 1.165) is 0 Å². The van der Waals surface area contributed by atoms with Crippen LogP contribution in [0.25, 0.3) is 0 Å². The first-order valence-electron chi connectivity index (χ1n) is 5.59. The fraction of sp³-hybridized carbons (Fsp3) is 0.545. The molecule has 1 amide bonds. The summed E-state index contributed by atoms with van der Waals surface area (Å²) in [5, 5.41) is 7.02. The van der Waals surface area contributed by atoms with E-state index in [1.54, 1.807) is 20.8 Å². The van der Waals surface area contributed by atoms with Gasteiger partial charge in [0.1, 0.15) is 5.02 Å². The molecule has 0 aliphatic heterocycles. The first kappa shape index (κ1) is 14.5. The van der Waals surface area contributed by atoms with Gasteiger partial charge in [0.25, 0.3) is 5.56 Å². The van der Waals surface area contributed by atoms with Gasteiger partial charge in [-0.1, -0.05) is 11.6 Å². The molecule has 7 heteroatoms. The molecule has 1 aromatic heterocycles. The smallest absolute Gasteiger partial charge is 0.287 e. The average Bonchev–Trinajstić information content (AvgIpc) is 2.23. The van der Waals surface area contributed by atoms with Crippen molar-refractivity contribution in [2.24, 2.45) is 5.73 Å². The van der Waals surface area contributed by atoms with E-state index in [0.29, 0.717) is 12.2 Å². The van der Waals surface area contributed by atoms with Crippen LogP contribution in [0.15, 0.2) is 11.0 Å². The number of halogens is 1. The average molecular weight is 273 g/mol. The number of nitrogens with two attached hydrogens (primary N) is 1. The van der Waals surface area contributed by atoms with Gasteiger partial charge in [0, 0.05) is 18.5 Å². The van der Waals surface area contributed by atoms with Gasteiger partial charge in [-0.2, -0.15) is 5.10 Å². The number of carbonyl (C=O) groups excluding carboxylic acids is 1. The zero-order valence-electron chi connectivity index (χ0n) is 10.7. The predicted octanol–water partition coefficient (Wildman–Crippen LogP) is 0.982. The van der Waals surface area contributed by atoms with E-state index < -0.39 is 11.4 Å². The Labute approximate surface area is 110 Å². The van der Waals surface area contributed by atoms with E-state index in [-0.39, 0.29) is 17.0 Å². The summed E-state index contributed by atoms with van der Waals surface area (Å²) in [6.45, 7) is 5.83. The minimum absolute atomic E-state index is 0.0596. The van der Waals surface area contributed by atoms with Crippen molar-refractivity contribution >= 4 is 23.2 Å². The largest absolute Gasteiger partial charge is 0.377 e. The lowest BCUT2D eigenvalue weighted by Crippen LogP contribution is -2.37. The normalized spacial score (nSPS) is 11.3. The van der Waals surface area contributed by atoms with E-state index >= 15 is 0 Å². The molecule has 1 aromatic rings. The van der Waals surface area contributed by atoms with Crippen LogP contribution in [0.1, 0.15) is 27.2 Å². The zero-order valence-corrected chi connectivity index (χ0v) is 11.4. The number of hydrogen-bond donors (Lipinski definition) is 2. The molecule has 6 nitrogen and oxygen atoms in total. The molecule has 1 rings (SSSR count). The van der Waals surface area contributed by atoms with Gasteiger partial charge in [-0.05, 0) is 20.8 Å². The Morgan fingerprint density at radius 1 is 1.61 bits per heavy atom. The number of primary amides is 1. The van der Waals surface area contributed by atoms with Crippen LogP contribution in [0, 0.1) is 0 Å². The lowest BCUT2D eigenvalue weighted by atomic mass is 10.00. The molecule has 0 aliphatic rings. The van der Waals surface area contributed by atoms with Gasteiger partial charge in [-0.3, -0.25) is 9.59 Å². The molecule has 0 radical (unpaired) electrons. The summed E-state index contributed by atoms with van der Waals surface area (Å²) in [5.41, 5.74) is 4.60. The van der Waals surface area contributed by atoms with Gasteiger partial charge in [-0.25, -0.2) is 4.68 Å². The molecule has 0 fully saturated rings. The molecule has 1 heterocycles. The summed E-state index contributed by atoms with van der Waals surface area (Å²) >= 11 is 5.97. The van der Waals surface area contributed by atoms with Gasteiger partial charge >= 0.3 is 0 Å². The molecule has 0 spiro atoms. The summed E-state index contributed by atoms with van der Waals surface area (Å²) in [6.07, 6.45) is 1.59. The van der Waals surface area contributed by atoms with Crippen LogP contribution in [-0.2, 0) is 11.3 Å². The molecule has 100 valence electrons. The number of rotatable bonds is 5. The Balaban J connectivity index is 3.02. The highest BCUT2D eigenvalue weighted by Crippen LogP contribution is 2.22. The Bertz CT molecular complexity index is 510. The van der Waals surface area contributed by atoms with Crippen LogP contribution in [0.4, 0.5) is 5.69 Å². The Kier molecular flexibility index (Phi) is 4.34. The maximum Gasteiger partial charge on any atom is 0.287 e. The quantitative estimate of drug-likeness (QED) is 0.836. The number of amides is 1. The second-order valence-corrected chi connectivity index (χ2v) is 5.02. The number of nitrogens with zero attached hydrogens (tertiary/aromatic N) is 2. The SMILES string of the molecule is CCn1ncc(NC(C)(C)CC(N)=O)c(Cl)c1=O. The molecule has 3 N–H and O–H groups in total. The number of hydrogen-bond acceptors (Lipinski definition) is 4. The maximum absolute atomic E-state index is 11.8. The third-order valence-electron chi connectivity index (χ3n) is 2.37. The second-order valence-electron chi connectivity index (χ2n) is 4.65. The Morgan fingerprint density at radius 2 is 2.22 bits per heavy atom. The molecule has 0 atom stereocenters. The van der Waals surface area contributed by atoms with Crippen molar-refractivity contribution in [1.82, 2.24) is 9.78 Å². The summed E-state index contributed by atoms with van der Waals surface area (Å²) in [4.78, 5) is 22.7. The fourth-order valence-electron chi connectivity index (χ4n) is 1.62. The van der Waals surface area contributed by atoms with Crippen LogP contribution in [0.3, 0.4) is 0 Å². The summed E-state index contributed by atoms with van der Waals surface area (Å²) < 4.78 is 1.26. The number of carbonyl (C=O) groups is 1. The van der Waals surface area contributed by atoms with Crippen LogP contribution in [-0.4, -0.2) is 21.2 Å². The molecule has 0 aliphatic carbocycles. The highest BCUT2D eigenvalue weighted by molar-refractivity contribution is 6.32. The van der Waals surface area contributed by atoms with Gasteiger partial charge in [0.2, 0.25) is 5.91 Å². The van der Waals surface area contributed by atoms with Gasteiger partial charge < -0.3 is 11.1 Å². The lowest BCUT2D eigenvalue weighted by molar-refractivity contribution is -0.118. The van der Waals surface area contributed by atoms with Crippen LogP contribution in [0.5, 0.6) is 0 Å². The van der Waals surface area contributed by atoms with Gasteiger partial charge in [0.05, 0.1) is 11.9 Å². The van der Waals surface area contributed by atoms with E-state index in [4.69, 9.17) is 17.3 Å². The van der Waals surface area contributed by atoms with Crippen molar-refractivity contribution in [2.75, 3.05) is 5.32 Å².